The van der Waals surface area contributed by atoms with Crippen LogP contribution >= 0.6 is 0 Å². The van der Waals surface area contributed by atoms with E-state index in [4.69, 9.17) is 31.1 Å². The molecule has 2 aromatic rings. The van der Waals surface area contributed by atoms with Crippen molar-refractivity contribution < 1.29 is 19.0 Å². The molecule has 0 spiro atoms. The van der Waals surface area contributed by atoms with Crippen molar-refractivity contribution in [3.63, 3.8) is 0 Å². The molecule has 0 amide bonds. The molecule has 7 nitrogen and oxygen atoms in total. The summed E-state index contributed by atoms with van der Waals surface area (Å²) in [6, 6.07) is 14.0. The number of benzene rings is 2. The smallest absolute Gasteiger partial charge is 0.302 e. The third kappa shape index (κ3) is 6.83. The number of carbonyl (C=O) groups excluding carboxylic acids is 1. The number of hydrogen-bond donors (Lipinski definition) is 3. The Balaban J connectivity index is 1.87. The fraction of sp³-hybridized carbons (Fsp3) is 0.200. The van der Waals surface area contributed by atoms with Gasteiger partial charge in [-0.15, -0.1) is 0 Å². The Morgan fingerprint density at radius 1 is 1.04 bits per heavy atom. The highest BCUT2D eigenvalue weighted by Crippen LogP contribution is 2.25. The zero-order chi connectivity index (χ0) is 19.6. The summed E-state index contributed by atoms with van der Waals surface area (Å²) in [5.41, 5.74) is 13.0. The highest BCUT2D eigenvalue weighted by molar-refractivity contribution is 5.81. The number of hydrogen-bond acceptors (Lipinski definition) is 7. The van der Waals surface area contributed by atoms with Gasteiger partial charge >= 0.3 is 5.97 Å². The normalized spacial score (nSPS) is 12.1. The summed E-state index contributed by atoms with van der Waals surface area (Å²) >= 11 is 0. The number of rotatable bonds is 9. The van der Waals surface area contributed by atoms with E-state index in [0.717, 1.165) is 11.8 Å². The minimum absolute atomic E-state index is 0.117. The summed E-state index contributed by atoms with van der Waals surface area (Å²) in [7, 11) is 0. The van der Waals surface area contributed by atoms with Crippen LogP contribution in [0.4, 0.5) is 0 Å². The van der Waals surface area contributed by atoms with Crippen molar-refractivity contribution in [3.05, 3.63) is 60.2 Å². The predicted octanol–water partition coefficient (Wildman–Crippen LogP) is 2.70. The number of carbonyl (C=O) groups is 1. The number of nitrogens with two attached hydrogens (primary N) is 2. The molecule has 142 valence electrons. The van der Waals surface area contributed by atoms with Crippen LogP contribution in [0.25, 0.3) is 5.70 Å². The van der Waals surface area contributed by atoms with Crippen molar-refractivity contribution in [2.24, 2.45) is 11.5 Å². The lowest BCUT2D eigenvalue weighted by Gasteiger charge is -2.13. The van der Waals surface area contributed by atoms with Crippen LogP contribution in [-0.2, 0) is 9.53 Å². The van der Waals surface area contributed by atoms with E-state index in [9.17, 15) is 4.79 Å². The van der Waals surface area contributed by atoms with Crippen LogP contribution < -0.4 is 20.9 Å². The van der Waals surface area contributed by atoms with Gasteiger partial charge in [0.2, 0.25) is 0 Å². The molecule has 1 atom stereocenters. The van der Waals surface area contributed by atoms with E-state index in [1.165, 1.54) is 13.0 Å². The van der Waals surface area contributed by atoms with E-state index in [1.807, 2.05) is 12.1 Å². The van der Waals surface area contributed by atoms with Crippen molar-refractivity contribution in [1.29, 1.82) is 5.41 Å². The topological polar surface area (TPSA) is 121 Å². The van der Waals surface area contributed by atoms with Gasteiger partial charge in [-0.25, -0.2) is 0 Å². The molecule has 0 radical (unpaired) electrons. The zero-order valence-electron chi connectivity index (χ0n) is 15.1. The summed E-state index contributed by atoms with van der Waals surface area (Å²) in [6.45, 7) is 1.69. The van der Waals surface area contributed by atoms with Gasteiger partial charge in [0.1, 0.15) is 30.5 Å². The molecule has 7 heteroatoms. The first kappa shape index (κ1) is 20.0. The molecular formula is C20H23N3O4. The summed E-state index contributed by atoms with van der Waals surface area (Å²) in [5.74, 6) is 1.59. The van der Waals surface area contributed by atoms with E-state index in [0.29, 0.717) is 22.9 Å². The first-order valence-electron chi connectivity index (χ1n) is 8.34. The first-order chi connectivity index (χ1) is 13.0. The molecule has 0 aliphatic heterocycles. The van der Waals surface area contributed by atoms with E-state index < -0.39 is 6.04 Å². The van der Waals surface area contributed by atoms with Gasteiger partial charge in [0.15, 0.2) is 0 Å². The second-order valence-electron chi connectivity index (χ2n) is 5.76. The van der Waals surface area contributed by atoms with Gasteiger partial charge in [-0.3, -0.25) is 4.79 Å². The van der Waals surface area contributed by atoms with Crippen molar-refractivity contribution >= 4 is 17.9 Å². The van der Waals surface area contributed by atoms with Crippen molar-refractivity contribution in [1.82, 2.24) is 0 Å². The van der Waals surface area contributed by atoms with Gasteiger partial charge in [0.05, 0.1) is 6.04 Å². The number of esters is 1. The fourth-order valence-corrected chi connectivity index (χ4v) is 2.12. The molecule has 27 heavy (non-hydrogen) atoms. The van der Waals surface area contributed by atoms with Crippen LogP contribution in [0.15, 0.2) is 54.6 Å². The Morgan fingerprint density at radius 3 is 2.15 bits per heavy atom. The molecule has 0 heterocycles. The maximum atomic E-state index is 10.7. The Hall–Kier alpha value is -3.32. The molecule has 0 aliphatic carbocycles. The van der Waals surface area contributed by atoms with Crippen LogP contribution in [0.5, 0.6) is 17.2 Å². The van der Waals surface area contributed by atoms with Crippen molar-refractivity contribution in [2.75, 3.05) is 13.2 Å². The highest BCUT2D eigenvalue weighted by Gasteiger charge is 2.06. The Kier molecular flexibility index (Phi) is 7.39. The fourth-order valence-electron chi connectivity index (χ4n) is 2.12. The molecule has 0 aliphatic rings. The van der Waals surface area contributed by atoms with E-state index >= 15 is 0 Å². The summed E-state index contributed by atoms with van der Waals surface area (Å²) in [5, 5.41) is 7.04. The van der Waals surface area contributed by atoms with Crippen molar-refractivity contribution in [2.45, 2.75) is 13.0 Å². The maximum absolute atomic E-state index is 10.7. The molecule has 5 N–H and O–H groups in total. The third-order valence-electron chi connectivity index (χ3n) is 3.47. The lowest BCUT2D eigenvalue weighted by molar-refractivity contribution is -0.141. The highest BCUT2D eigenvalue weighted by atomic mass is 16.5. The molecule has 2 aromatic carbocycles. The first-order valence-corrected chi connectivity index (χ1v) is 8.34. The lowest BCUT2D eigenvalue weighted by Crippen LogP contribution is -2.33. The standard InChI is InChI=1S/C20H23N3O4/c1-14(24)25-12-16(22)13-26-17-6-8-19(9-7-17)27-18-4-2-15(3-5-18)20(23)10-11-21/h2-11,16,21H,12-13,22-23H2,1H3/b20-10-,21-11?/t16-/m0/s1. The Morgan fingerprint density at radius 2 is 1.59 bits per heavy atom. The molecule has 0 saturated heterocycles. The largest absolute Gasteiger partial charge is 0.492 e. The SMILES string of the molecule is CC(=O)OC[C@H](N)COc1ccc(Oc2ccc(/C(N)=C/C=N)cc2)cc1. The van der Waals surface area contributed by atoms with Gasteiger partial charge in [-0.1, -0.05) is 0 Å². The van der Waals surface area contributed by atoms with Crippen LogP contribution in [-0.4, -0.2) is 31.4 Å². The number of ether oxygens (including phenoxy) is 3. The summed E-state index contributed by atoms with van der Waals surface area (Å²) < 4.78 is 16.2. The van der Waals surface area contributed by atoms with E-state index in [-0.39, 0.29) is 19.2 Å². The predicted molar refractivity (Wildman–Crippen MR) is 104 cm³/mol. The van der Waals surface area contributed by atoms with E-state index in [2.05, 4.69) is 0 Å². The monoisotopic (exact) mass is 369 g/mol. The minimum Gasteiger partial charge on any atom is -0.492 e. The average Bonchev–Trinajstić information content (AvgIpc) is 2.66. The molecule has 0 aromatic heterocycles. The van der Waals surface area contributed by atoms with Gasteiger partial charge in [0, 0.05) is 18.8 Å². The van der Waals surface area contributed by atoms with Crippen LogP contribution in [0, 0.1) is 5.41 Å². The molecule has 0 unspecified atom stereocenters. The van der Waals surface area contributed by atoms with Crippen LogP contribution in [0.1, 0.15) is 12.5 Å². The molecule has 0 saturated carbocycles. The quantitative estimate of drug-likeness (QED) is 0.462. The lowest BCUT2D eigenvalue weighted by atomic mass is 10.1. The average molecular weight is 369 g/mol. The zero-order valence-corrected chi connectivity index (χ0v) is 15.1. The molecule has 0 bridgehead atoms. The van der Waals surface area contributed by atoms with Gasteiger partial charge < -0.3 is 31.1 Å². The van der Waals surface area contributed by atoms with E-state index in [1.54, 1.807) is 36.4 Å². The Bertz CT molecular complexity index is 786. The molecule has 0 fully saturated rings. The molecule has 2 rings (SSSR count). The maximum Gasteiger partial charge on any atom is 0.302 e. The van der Waals surface area contributed by atoms with Gasteiger partial charge in [-0.05, 0) is 60.2 Å². The van der Waals surface area contributed by atoms with Gasteiger partial charge in [0.25, 0.3) is 0 Å². The minimum atomic E-state index is -0.391. The number of allylic oxidation sites excluding steroid dienone is 1. The second kappa shape index (κ2) is 9.98. The molecular weight excluding hydrogens is 346 g/mol. The summed E-state index contributed by atoms with van der Waals surface area (Å²) in [4.78, 5) is 10.7. The number of nitrogens with one attached hydrogen (secondary N) is 1. The second-order valence-corrected chi connectivity index (χ2v) is 5.76. The van der Waals surface area contributed by atoms with Crippen molar-refractivity contribution in [3.8, 4) is 17.2 Å². The van der Waals surface area contributed by atoms with Gasteiger partial charge in [-0.2, -0.15) is 0 Å². The van der Waals surface area contributed by atoms with Crippen LogP contribution in [0.2, 0.25) is 0 Å². The Labute approximate surface area is 158 Å². The van der Waals surface area contributed by atoms with Crippen LogP contribution in [0.3, 0.4) is 0 Å². The third-order valence-corrected chi connectivity index (χ3v) is 3.47. The summed E-state index contributed by atoms with van der Waals surface area (Å²) in [6.07, 6.45) is 2.67.